The third kappa shape index (κ3) is 4.18. The topological polar surface area (TPSA) is 50.2 Å². The van der Waals surface area contributed by atoms with Crippen LogP contribution in [0.5, 0.6) is 0 Å². The van der Waals surface area contributed by atoms with Gasteiger partial charge in [0, 0.05) is 29.9 Å². The summed E-state index contributed by atoms with van der Waals surface area (Å²) in [5, 5.41) is 9.36. The van der Waals surface area contributed by atoms with Gasteiger partial charge < -0.3 is 5.32 Å². The molecule has 1 aliphatic heterocycles. The van der Waals surface area contributed by atoms with Crippen molar-refractivity contribution in [1.29, 1.82) is 0 Å². The average molecular weight is 318 g/mol. The van der Waals surface area contributed by atoms with E-state index in [1.54, 1.807) is 17.5 Å². The largest absolute Gasteiger partial charge is 0.355 e. The number of hydrogen-bond acceptors (Lipinski definition) is 4. The van der Waals surface area contributed by atoms with Gasteiger partial charge in [-0.25, -0.2) is 0 Å². The summed E-state index contributed by atoms with van der Waals surface area (Å²) < 4.78 is 1.96. The quantitative estimate of drug-likeness (QED) is 0.846. The lowest BCUT2D eigenvalue weighted by molar-refractivity contribution is -0.122. The molecule has 1 fully saturated rings. The van der Waals surface area contributed by atoms with Gasteiger partial charge in [-0.05, 0) is 43.3 Å². The van der Waals surface area contributed by atoms with Gasteiger partial charge in [0.15, 0.2) is 0 Å². The molecule has 0 aromatic carbocycles. The minimum absolute atomic E-state index is 0.129. The molecule has 1 amide bonds. The van der Waals surface area contributed by atoms with Crippen molar-refractivity contribution in [2.24, 2.45) is 0 Å². The number of carbonyl (C=O) groups excluding carboxylic acids is 1. The van der Waals surface area contributed by atoms with Crippen molar-refractivity contribution >= 4 is 17.2 Å². The van der Waals surface area contributed by atoms with E-state index in [1.807, 2.05) is 23.0 Å². The fraction of sp³-hybridized carbons (Fsp3) is 0.500. The first-order chi connectivity index (χ1) is 10.8. The van der Waals surface area contributed by atoms with Gasteiger partial charge in [-0.1, -0.05) is 6.07 Å². The average Bonchev–Trinajstić information content (AvgIpc) is 3.23. The number of amides is 1. The molecule has 1 saturated heterocycles. The molecule has 3 heterocycles. The highest BCUT2D eigenvalue weighted by atomic mass is 32.1. The van der Waals surface area contributed by atoms with Crippen LogP contribution >= 0.6 is 11.3 Å². The van der Waals surface area contributed by atoms with Crippen molar-refractivity contribution in [3.8, 4) is 0 Å². The van der Waals surface area contributed by atoms with Crippen LogP contribution in [0.15, 0.2) is 36.0 Å². The number of aromatic nitrogens is 2. The number of thiophene rings is 1. The zero-order valence-corrected chi connectivity index (χ0v) is 13.5. The van der Waals surface area contributed by atoms with Crippen molar-refractivity contribution in [2.75, 3.05) is 19.6 Å². The number of nitrogens with one attached hydrogen (secondary N) is 1. The molecule has 2 aromatic rings. The Morgan fingerprint density at radius 2 is 2.41 bits per heavy atom. The molecule has 0 spiro atoms. The third-order valence-corrected chi connectivity index (χ3v) is 5.01. The van der Waals surface area contributed by atoms with E-state index in [0.29, 0.717) is 12.6 Å². The van der Waals surface area contributed by atoms with Gasteiger partial charge in [0.25, 0.3) is 0 Å². The minimum Gasteiger partial charge on any atom is -0.355 e. The van der Waals surface area contributed by atoms with E-state index in [2.05, 4.69) is 26.8 Å². The Hall–Kier alpha value is -1.66. The fourth-order valence-electron chi connectivity index (χ4n) is 2.95. The van der Waals surface area contributed by atoms with Crippen LogP contribution in [-0.2, 0) is 17.8 Å². The highest BCUT2D eigenvalue weighted by Crippen LogP contribution is 2.18. The maximum Gasteiger partial charge on any atom is 0.234 e. The zero-order chi connectivity index (χ0) is 15.2. The first kappa shape index (κ1) is 15.2. The number of nitrogens with zero attached hydrogens (tertiary/aromatic N) is 3. The van der Waals surface area contributed by atoms with Crippen LogP contribution < -0.4 is 5.32 Å². The molecule has 1 aliphatic rings. The summed E-state index contributed by atoms with van der Waals surface area (Å²) in [6.45, 7) is 3.09. The molecule has 0 bridgehead atoms. The summed E-state index contributed by atoms with van der Waals surface area (Å²) in [6, 6.07) is 6.52. The number of carbonyl (C=O) groups is 1. The van der Waals surface area contributed by atoms with Crippen LogP contribution in [-0.4, -0.2) is 46.3 Å². The predicted molar refractivity (Wildman–Crippen MR) is 87.9 cm³/mol. The Morgan fingerprint density at radius 1 is 1.45 bits per heavy atom. The van der Waals surface area contributed by atoms with E-state index < -0.39 is 0 Å². The number of likely N-dealkylation sites (tertiary alicyclic amines) is 1. The van der Waals surface area contributed by atoms with Crippen LogP contribution in [0.3, 0.4) is 0 Å². The standard InChI is InChI=1S/C16H22N4OS/c21-16(17-8-6-15-5-2-11-22-15)13-19-9-1-4-14(19)12-20-10-3-7-18-20/h2-3,5,7,10-11,14H,1,4,6,8-9,12-13H2,(H,17,21). The van der Waals surface area contributed by atoms with E-state index in [-0.39, 0.29) is 5.91 Å². The smallest absolute Gasteiger partial charge is 0.234 e. The monoisotopic (exact) mass is 318 g/mol. The first-order valence-electron chi connectivity index (χ1n) is 7.82. The van der Waals surface area contributed by atoms with Crippen LogP contribution in [0.4, 0.5) is 0 Å². The molecule has 1 atom stereocenters. The van der Waals surface area contributed by atoms with Gasteiger partial charge in [0.05, 0.1) is 13.1 Å². The highest BCUT2D eigenvalue weighted by Gasteiger charge is 2.26. The van der Waals surface area contributed by atoms with E-state index in [1.165, 1.54) is 4.88 Å². The van der Waals surface area contributed by atoms with E-state index >= 15 is 0 Å². The lowest BCUT2D eigenvalue weighted by Gasteiger charge is -2.23. The fourth-order valence-corrected chi connectivity index (χ4v) is 3.66. The SMILES string of the molecule is O=C(CN1CCCC1Cn1cccn1)NCCc1cccs1. The minimum atomic E-state index is 0.129. The van der Waals surface area contributed by atoms with Crippen molar-refractivity contribution in [2.45, 2.75) is 31.8 Å². The maximum absolute atomic E-state index is 12.1. The van der Waals surface area contributed by atoms with Crippen LogP contribution in [0.25, 0.3) is 0 Å². The molecule has 6 heteroatoms. The second kappa shape index (κ2) is 7.56. The molecule has 118 valence electrons. The molecule has 5 nitrogen and oxygen atoms in total. The van der Waals surface area contributed by atoms with E-state index in [0.717, 1.165) is 38.9 Å². The van der Waals surface area contributed by atoms with Crippen LogP contribution in [0, 0.1) is 0 Å². The van der Waals surface area contributed by atoms with Gasteiger partial charge in [0.2, 0.25) is 5.91 Å². The van der Waals surface area contributed by atoms with E-state index in [4.69, 9.17) is 0 Å². The Balaban J connectivity index is 1.41. The molecule has 1 unspecified atom stereocenters. The predicted octanol–water partition coefficient (Wildman–Crippen LogP) is 1.77. The summed E-state index contributed by atoms with van der Waals surface area (Å²) in [6.07, 6.45) is 7.01. The maximum atomic E-state index is 12.1. The van der Waals surface area contributed by atoms with Crippen molar-refractivity contribution in [1.82, 2.24) is 20.0 Å². The summed E-state index contributed by atoms with van der Waals surface area (Å²) >= 11 is 1.74. The molecular weight excluding hydrogens is 296 g/mol. The Morgan fingerprint density at radius 3 is 3.18 bits per heavy atom. The van der Waals surface area contributed by atoms with Gasteiger partial charge >= 0.3 is 0 Å². The second-order valence-electron chi connectivity index (χ2n) is 5.67. The molecule has 0 radical (unpaired) electrons. The van der Waals surface area contributed by atoms with Gasteiger partial charge in [0.1, 0.15) is 0 Å². The lowest BCUT2D eigenvalue weighted by atomic mass is 10.2. The number of hydrogen-bond donors (Lipinski definition) is 1. The third-order valence-electron chi connectivity index (χ3n) is 4.08. The summed E-state index contributed by atoms with van der Waals surface area (Å²) in [4.78, 5) is 15.7. The molecule has 22 heavy (non-hydrogen) atoms. The van der Waals surface area contributed by atoms with Gasteiger partial charge in [-0.2, -0.15) is 5.10 Å². The molecule has 1 N–H and O–H groups in total. The van der Waals surface area contributed by atoms with Crippen molar-refractivity contribution < 1.29 is 4.79 Å². The van der Waals surface area contributed by atoms with E-state index in [9.17, 15) is 4.79 Å². The molecule has 0 aliphatic carbocycles. The molecule has 2 aromatic heterocycles. The Labute approximate surface area is 134 Å². The normalized spacial score (nSPS) is 18.6. The zero-order valence-electron chi connectivity index (χ0n) is 12.6. The molecule has 3 rings (SSSR count). The van der Waals surface area contributed by atoms with Crippen LogP contribution in [0.1, 0.15) is 17.7 Å². The summed E-state index contributed by atoms with van der Waals surface area (Å²) in [5.41, 5.74) is 0. The second-order valence-corrected chi connectivity index (χ2v) is 6.71. The van der Waals surface area contributed by atoms with Gasteiger partial charge in [-0.3, -0.25) is 14.4 Å². The summed E-state index contributed by atoms with van der Waals surface area (Å²) in [5.74, 6) is 0.129. The highest BCUT2D eigenvalue weighted by molar-refractivity contribution is 7.09. The number of rotatable bonds is 7. The Kier molecular flexibility index (Phi) is 5.24. The summed E-state index contributed by atoms with van der Waals surface area (Å²) in [7, 11) is 0. The molecular formula is C16H22N4OS. The van der Waals surface area contributed by atoms with Crippen molar-refractivity contribution in [3.05, 3.63) is 40.8 Å². The van der Waals surface area contributed by atoms with Crippen molar-refractivity contribution in [3.63, 3.8) is 0 Å². The molecule has 0 saturated carbocycles. The van der Waals surface area contributed by atoms with Crippen LogP contribution in [0.2, 0.25) is 0 Å². The first-order valence-corrected chi connectivity index (χ1v) is 8.70. The Bertz CT molecular complexity index is 567. The lowest BCUT2D eigenvalue weighted by Crippen LogP contribution is -2.41. The van der Waals surface area contributed by atoms with Gasteiger partial charge in [-0.15, -0.1) is 11.3 Å².